The Balaban J connectivity index is 1.79. The number of aryl methyl sites for hydroxylation is 2. The van der Waals surface area contributed by atoms with E-state index >= 15 is 0 Å². The molecule has 1 aliphatic rings. The molecular weight excluding hydrogens is 248 g/mol. The molecule has 0 bridgehead atoms. The monoisotopic (exact) mass is 274 g/mol. The Bertz CT molecular complexity index is 448. The first-order chi connectivity index (χ1) is 9.66. The van der Waals surface area contributed by atoms with Crippen molar-refractivity contribution in [2.45, 2.75) is 33.1 Å². The van der Waals surface area contributed by atoms with Crippen LogP contribution in [0.25, 0.3) is 0 Å². The third-order valence-electron chi connectivity index (χ3n) is 3.99. The van der Waals surface area contributed by atoms with Gasteiger partial charge in [-0.15, -0.1) is 0 Å². The summed E-state index contributed by atoms with van der Waals surface area (Å²) in [4.78, 5) is 14.7. The molecule has 0 amide bonds. The molecule has 0 spiro atoms. The lowest BCUT2D eigenvalue weighted by atomic mass is 9.99. The number of nitrogens with zero attached hydrogens (tertiary/aromatic N) is 1. The molecule has 0 radical (unpaired) electrons. The first-order valence-electron chi connectivity index (χ1n) is 7.70. The van der Waals surface area contributed by atoms with Gasteiger partial charge in [0.15, 0.2) is 5.78 Å². The zero-order valence-corrected chi connectivity index (χ0v) is 12.7. The molecule has 1 fully saturated rings. The largest absolute Gasteiger partial charge is 0.315 e. The normalized spacial score (nSPS) is 16.9. The number of hydrogen-bond acceptors (Lipinski definition) is 3. The molecule has 0 aromatic heterocycles. The number of rotatable bonds is 5. The van der Waals surface area contributed by atoms with E-state index in [0.717, 1.165) is 50.3 Å². The molecule has 20 heavy (non-hydrogen) atoms. The van der Waals surface area contributed by atoms with Crippen LogP contribution in [0.15, 0.2) is 18.2 Å². The number of ketones is 1. The molecule has 0 unspecified atom stereocenters. The van der Waals surface area contributed by atoms with E-state index in [0.29, 0.717) is 6.42 Å². The van der Waals surface area contributed by atoms with Gasteiger partial charge in [0.25, 0.3) is 0 Å². The summed E-state index contributed by atoms with van der Waals surface area (Å²) in [5.74, 6) is 0.287. The summed E-state index contributed by atoms with van der Waals surface area (Å²) in [6.45, 7) is 9.60. The second-order valence-corrected chi connectivity index (χ2v) is 5.79. The smallest absolute Gasteiger partial charge is 0.163 e. The van der Waals surface area contributed by atoms with Crippen molar-refractivity contribution in [1.29, 1.82) is 0 Å². The maximum absolute atomic E-state index is 12.3. The highest BCUT2D eigenvalue weighted by Gasteiger charge is 2.11. The summed E-state index contributed by atoms with van der Waals surface area (Å²) >= 11 is 0. The summed E-state index contributed by atoms with van der Waals surface area (Å²) in [7, 11) is 0. The summed E-state index contributed by atoms with van der Waals surface area (Å²) < 4.78 is 0. The van der Waals surface area contributed by atoms with Gasteiger partial charge in [-0.3, -0.25) is 4.79 Å². The lowest BCUT2D eigenvalue weighted by molar-refractivity contribution is 0.0974. The van der Waals surface area contributed by atoms with Crippen molar-refractivity contribution in [2.24, 2.45) is 0 Å². The molecule has 0 saturated carbocycles. The third-order valence-corrected chi connectivity index (χ3v) is 3.99. The van der Waals surface area contributed by atoms with Gasteiger partial charge < -0.3 is 10.2 Å². The Hall–Kier alpha value is -1.19. The minimum absolute atomic E-state index is 0.287. The Morgan fingerprint density at radius 3 is 2.90 bits per heavy atom. The summed E-state index contributed by atoms with van der Waals surface area (Å²) in [5, 5.41) is 3.41. The van der Waals surface area contributed by atoms with E-state index in [2.05, 4.69) is 23.2 Å². The van der Waals surface area contributed by atoms with E-state index in [1.165, 1.54) is 12.0 Å². The number of carbonyl (C=O) groups is 1. The van der Waals surface area contributed by atoms with E-state index < -0.39 is 0 Å². The summed E-state index contributed by atoms with van der Waals surface area (Å²) in [6, 6.07) is 6.09. The lowest BCUT2D eigenvalue weighted by Crippen LogP contribution is -2.29. The zero-order valence-electron chi connectivity index (χ0n) is 12.7. The first-order valence-corrected chi connectivity index (χ1v) is 7.70. The highest BCUT2D eigenvalue weighted by molar-refractivity contribution is 5.97. The predicted octanol–water partition coefficient (Wildman–Crippen LogP) is 2.56. The second kappa shape index (κ2) is 7.55. The van der Waals surface area contributed by atoms with E-state index in [1.54, 1.807) is 0 Å². The summed E-state index contributed by atoms with van der Waals surface area (Å²) in [6.07, 6.45) is 2.84. The Labute approximate surface area is 122 Å². The van der Waals surface area contributed by atoms with Crippen LogP contribution in [-0.4, -0.2) is 43.4 Å². The van der Waals surface area contributed by atoms with Crippen LogP contribution >= 0.6 is 0 Å². The van der Waals surface area contributed by atoms with E-state index in [4.69, 9.17) is 0 Å². The van der Waals surface area contributed by atoms with Gasteiger partial charge in [-0.25, -0.2) is 0 Å². The van der Waals surface area contributed by atoms with Crippen molar-refractivity contribution < 1.29 is 4.79 Å². The molecule has 1 aromatic rings. The molecule has 0 atom stereocenters. The van der Waals surface area contributed by atoms with Crippen molar-refractivity contribution >= 4 is 5.78 Å². The fourth-order valence-electron chi connectivity index (χ4n) is 2.85. The quantitative estimate of drug-likeness (QED) is 0.838. The topological polar surface area (TPSA) is 32.3 Å². The van der Waals surface area contributed by atoms with Gasteiger partial charge in [0.2, 0.25) is 0 Å². The zero-order chi connectivity index (χ0) is 14.4. The minimum atomic E-state index is 0.287. The molecule has 2 rings (SSSR count). The number of benzene rings is 1. The van der Waals surface area contributed by atoms with Crippen LogP contribution in [0.2, 0.25) is 0 Å². The van der Waals surface area contributed by atoms with Gasteiger partial charge in [0, 0.05) is 25.1 Å². The van der Waals surface area contributed by atoms with E-state index in [1.807, 2.05) is 19.1 Å². The van der Waals surface area contributed by atoms with Gasteiger partial charge in [-0.2, -0.15) is 0 Å². The van der Waals surface area contributed by atoms with Gasteiger partial charge >= 0.3 is 0 Å². The fourth-order valence-corrected chi connectivity index (χ4v) is 2.85. The molecule has 3 heteroatoms. The Kier molecular flexibility index (Phi) is 5.74. The SMILES string of the molecule is Cc1ccc(C(=O)CCCN2CCCNCC2)c(C)c1. The van der Waals surface area contributed by atoms with Gasteiger partial charge in [-0.05, 0) is 51.9 Å². The molecule has 1 saturated heterocycles. The van der Waals surface area contributed by atoms with Crippen LogP contribution in [0.1, 0.15) is 40.7 Å². The second-order valence-electron chi connectivity index (χ2n) is 5.79. The van der Waals surface area contributed by atoms with Gasteiger partial charge in [0.05, 0.1) is 0 Å². The highest BCUT2D eigenvalue weighted by Crippen LogP contribution is 2.14. The maximum atomic E-state index is 12.3. The number of nitrogens with one attached hydrogen (secondary N) is 1. The standard InChI is InChI=1S/C17H26N2O/c1-14-6-7-16(15(2)13-14)17(20)5-3-10-19-11-4-8-18-9-12-19/h6-7,13,18H,3-5,8-12H2,1-2H3. The molecule has 1 aromatic carbocycles. The Morgan fingerprint density at radius 2 is 2.10 bits per heavy atom. The van der Waals surface area contributed by atoms with Gasteiger partial charge in [0.1, 0.15) is 0 Å². The molecule has 110 valence electrons. The molecule has 0 aliphatic carbocycles. The summed E-state index contributed by atoms with van der Waals surface area (Å²) in [5.41, 5.74) is 3.22. The molecule has 1 heterocycles. The van der Waals surface area contributed by atoms with Crippen molar-refractivity contribution in [3.63, 3.8) is 0 Å². The average Bonchev–Trinajstić information content (AvgIpc) is 2.67. The third kappa shape index (κ3) is 4.43. The van der Waals surface area contributed by atoms with Crippen LogP contribution in [0.3, 0.4) is 0 Å². The van der Waals surface area contributed by atoms with Crippen LogP contribution in [0.5, 0.6) is 0 Å². The number of Topliss-reactive ketones (excluding diaryl/α,β-unsaturated/α-hetero) is 1. The lowest BCUT2D eigenvalue weighted by Gasteiger charge is -2.18. The molecule has 1 aliphatic heterocycles. The van der Waals surface area contributed by atoms with Crippen molar-refractivity contribution in [3.8, 4) is 0 Å². The van der Waals surface area contributed by atoms with Crippen LogP contribution in [-0.2, 0) is 0 Å². The molecule has 1 N–H and O–H groups in total. The van der Waals surface area contributed by atoms with Gasteiger partial charge in [-0.1, -0.05) is 23.8 Å². The van der Waals surface area contributed by atoms with Crippen molar-refractivity contribution in [2.75, 3.05) is 32.7 Å². The van der Waals surface area contributed by atoms with Crippen LogP contribution in [0, 0.1) is 13.8 Å². The van der Waals surface area contributed by atoms with Crippen molar-refractivity contribution in [1.82, 2.24) is 10.2 Å². The molecule has 3 nitrogen and oxygen atoms in total. The van der Waals surface area contributed by atoms with Crippen LogP contribution < -0.4 is 5.32 Å². The predicted molar refractivity (Wildman–Crippen MR) is 83.4 cm³/mol. The number of hydrogen-bond donors (Lipinski definition) is 1. The highest BCUT2D eigenvalue weighted by atomic mass is 16.1. The number of carbonyl (C=O) groups excluding carboxylic acids is 1. The van der Waals surface area contributed by atoms with E-state index in [9.17, 15) is 4.79 Å². The van der Waals surface area contributed by atoms with Crippen LogP contribution in [0.4, 0.5) is 0 Å². The molecular formula is C17H26N2O. The first kappa shape index (κ1) is 15.2. The maximum Gasteiger partial charge on any atom is 0.163 e. The van der Waals surface area contributed by atoms with Crippen molar-refractivity contribution in [3.05, 3.63) is 34.9 Å². The average molecular weight is 274 g/mol. The minimum Gasteiger partial charge on any atom is -0.315 e. The van der Waals surface area contributed by atoms with E-state index in [-0.39, 0.29) is 5.78 Å². The fraction of sp³-hybridized carbons (Fsp3) is 0.588. The Morgan fingerprint density at radius 1 is 1.25 bits per heavy atom.